The van der Waals surface area contributed by atoms with Crippen molar-refractivity contribution in [3.8, 4) is 178 Å². The maximum Gasteiger partial charge on any atom is 0.231 e. The molecule has 18 aromatic carbocycles. The van der Waals surface area contributed by atoms with E-state index in [1.54, 1.807) is 0 Å². The van der Waals surface area contributed by atoms with Crippen LogP contribution in [0.4, 0.5) is 0 Å². The van der Waals surface area contributed by atoms with Crippen molar-refractivity contribution in [2.24, 2.45) is 0 Å². The fourth-order valence-electron chi connectivity index (χ4n) is 21.5. The zero-order chi connectivity index (χ0) is 101. The van der Waals surface area contributed by atoms with Crippen LogP contribution < -0.4 is 9.47 Å². The lowest BCUT2D eigenvalue weighted by Crippen LogP contribution is -2.29. The molecule has 0 N–H and O–H groups in total. The summed E-state index contributed by atoms with van der Waals surface area (Å²) in [6, 6.07) is 152. The molecule has 1 aliphatic carbocycles. The molecular weight excluding hydrogens is 1740 g/mol. The number of benzene rings is 18. The number of hydrogen-bond donors (Lipinski definition) is 0. The molecule has 2 nitrogen and oxygen atoms in total. The molecule has 718 valence electrons. The van der Waals surface area contributed by atoms with E-state index in [0.29, 0.717) is 11.5 Å². The lowest BCUT2D eigenvalue weighted by Gasteiger charge is -2.36. The van der Waals surface area contributed by atoms with E-state index >= 15 is 0 Å². The summed E-state index contributed by atoms with van der Waals surface area (Å²) in [5.74, 6) is 1.41. The molecule has 0 spiro atoms. The number of ether oxygens (including phenoxy) is 2. The van der Waals surface area contributed by atoms with E-state index in [4.69, 9.17) is 9.47 Å². The van der Waals surface area contributed by atoms with Gasteiger partial charge in [0.25, 0.3) is 0 Å². The van der Waals surface area contributed by atoms with Crippen molar-refractivity contribution in [3.63, 3.8) is 0 Å². The van der Waals surface area contributed by atoms with Gasteiger partial charge in [-0.25, -0.2) is 0 Å². The predicted octanol–water partition coefficient (Wildman–Crippen LogP) is 39.5. The zero-order valence-electron chi connectivity index (χ0n) is 89.0. The third-order valence-electron chi connectivity index (χ3n) is 30.4. The van der Waals surface area contributed by atoms with Crippen LogP contribution in [0.15, 0.2) is 388 Å². The molecule has 1 heterocycles. The van der Waals surface area contributed by atoms with E-state index in [-0.39, 0.29) is 50.1 Å². The quantitative estimate of drug-likeness (QED) is 0.0960. The van der Waals surface area contributed by atoms with Gasteiger partial charge in [-0.2, -0.15) is 0 Å². The minimum Gasteiger partial charge on any atom is -0.454 e. The minimum absolute atomic E-state index is 0.0599. The molecule has 0 atom stereocenters. The number of rotatable bonds is 16. The van der Waals surface area contributed by atoms with Crippen molar-refractivity contribution in [2.75, 3.05) is 6.79 Å². The van der Waals surface area contributed by atoms with Gasteiger partial charge in [-0.05, 0) is 404 Å². The smallest absolute Gasteiger partial charge is 0.231 e. The third kappa shape index (κ3) is 19.5. The second kappa shape index (κ2) is 36.8. The second-order valence-electron chi connectivity index (χ2n) is 49.1. The molecule has 0 amide bonds. The van der Waals surface area contributed by atoms with Gasteiger partial charge in [-0.15, -0.1) is 0 Å². The molecule has 20 rings (SSSR count). The summed E-state index contributed by atoms with van der Waals surface area (Å²) in [4.78, 5) is 0. The molecule has 18 aromatic rings. The van der Waals surface area contributed by atoms with Crippen molar-refractivity contribution >= 4 is 0 Å². The normalized spacial score (nSPS) is 13.3. The van der Waals surface area contributed by atoms with Crippen LogP contribution in [-0.4, -0.2) is 6.79 Å². The van der Waals surface area contributed by atoms with Gasteiger partial charge in [0.2, 0.25) is 6.79 Å². The van der Waals surface area contributed by atoms with Crippen LogP contribution in [0, 0.1) is 0 Å². The van der Waals surface area contributed by atoms with Gasteiger partial charge in [0, 0.05) is 0 Å². The average Bonchev–Trinajstić information content (AvgIpc) is 1.55. The standard InChI is InChI=1S/C142H138O2/c1-134(2,3)117-52-36-91(37-53-117)101-69-102(92-38-54-118(55-39-92)135(4,5)6)74-109(73-101)113-81-114(110-75-103(93-40-56-119(57-41-93)136(7,8)9)70-104(76-110)94-42-58-120(59-43-94)137(10,11)12)84-125(83-113)142(129-35-29-34-127(100-33-28-32-99(68-100)90-30-26-25-27-31-90)133(129)128-87-131-132(88-130(128)142)144-89-143-131)126-85-115(111-77-105(95-44-60-121(61-45-95)138(13,14)15)71-106(78-111)96-46-62-122(63-47-96)139(16,17)18)82-116(86-126)112-79-107(97-48-64-123(65-49-97)140(19,20)21)72-108(80-112)98-50-66-124(67-51-98)141(22,23)24/h25-88H,89H2,1-24H3. The van der Waals surface area contributed by atoms with Crippen molar-refractivity contribution in [2.45, 2.75) is 215 Å². The van der Waals surface area contributed by atoms with Gasteiger partial charge in [0.05, 0.1) is 5.41 Å². The van der Waals surface area contributed by atoms with Gasteiger partial charge in [0.15, 0.2) is 11.5 Å². The third-order valence-corrected chi connectivity index (χ3v) is 30.4. The van der Waals surface area contributed by atoms with Crippen molar-refractivity contribution in [1.29, 1.82) is 0 Å². The highest BCUT2D eigenvalue weighted by atomic mass is 16.7. The van der Waals surface area contributed by atoms with Gasteiger partial charge < -0.3 is 9.47 Å². The van der Waals surface area contributed by atoms with Crippen LogP contribution in [0.1, 0.15) is 233 Å². The van der Waals surface area contributed by atoms with Crippen LogP contribution in [0.5, 0.6) is 11.5 Å². The maximum absolute atomic E-state index is 6.97. The molecule has 2 aliphatic rings. The zero-order valence-corrected chi connectivity index (χ0v) is 89.0. The van der Waals surface area contributed by atoms with E-state index in [9.17, 15) is 0 Å². The SMILES string of the molecule is CC(C)(C)c1ccc(-c2cc(-c3ccc(C(C)(C)C)cc3)cc(-c3cc(-c4cc(-c5ccc(C(C)(C)C)cc5)cc(-c5ccc(C(C)(C)C)cc5)c4)cc(C4(c5cc(-c6cc(-c7ccc(C(C)(C)C)cc7)cc(-c7ccc(C(C)(C)C)cc7)c6)cc(-c6cc(-c7ccc(C(C)(C)C)cc7)cc(-c7ccc(C(C)(C)C)cc7)c6)c5)c5cc6c(cc5-c5c(-c7cccc(-c8ccccc8)c7)cccc54)OCO6)c3)c2)cc1. The molecular formula is C142H138O2. The highest BCUT2D eigenvalue weighted by Gasteiger charge is 2.50. The van der Waals surface area contributed by atoms with Gasteiger partial charge in [0.1, 0.15) is 0 Å². The van der Waals surface area contributed by atoms with Gasteiger partial charge in [-0.1, -0.05) is 427 Å². The Bertz CT molecular complexity index is 6840. The van der Waals surface area contributed by atoms with Crippen LogP contribution in [0.2, 0.25) is 0 Å². The largest absolute Gasteiger partial charge is 0.454 e. The van der Waals surface area contributed by atoms with Crippen LogP contribution in [0.25, 0.3) is 167 Å². The first kappa shape index (κ1) is 97.0. The highest BCUT2D eigenvalue weighted by molar-refractivity contribution is 6.00. The first-order chi connectivity index (χ1) is 68.3. The van der Waals surface area contributed by atoms with Crippen molar-refractivity contribution in [1.82, 2.24) is 0 Å². The fourth-order valence-corrected chi connectivity index (χ4v) is 21.5. The Morgan fingerprint density at radius 1 is 0.153 bits per heavy atom. The number of hydrogen-bond acceptors (Lipinski definition) is 2. The summed E-state index contributed by atoms with van der Waals surface area (Å²) in [5, 5.41) is 0. The van der Waals surface area contributed by atoms with Crippen molar-refractivity contribution < 1.29 is 9.47 Å². The Kier molecular flexibility index (Phi) is 24.8. The van der Waals surface area contributed by atoms with Crippen LogP contribution >= 0.6 is 0 Å². The molecule has 0 saturated carbocycles. The molecule has 0 bridgehead atoms. The summed E-state index contributed by atoms with van der Waals surface area (Å²) >= 11 is 0. The Hall–Kier alpha value is -14.4. The van der Waals surface area contributed by atoms with Crippen LogP contribution in [-0.2, 0) is 48.7 Å². The van der Waals surface area contributed by atoms with E-state index in [2.05, 4.69) is 554 Å². The first-order valence-electron chi connectivity index (χ1n) is 51.8. The Balaban J connectivity index is 0.968. The molecule has 2 heteroatoms. The summed E-state index contributed by atoms with van der Waals surface area (Å²) < 4.78 is 13.8. The Labute approximate surface area is 858 Å². The lowest BCUT2D eigenvalue weighted by molar-refractivity contribution is 0.174. The highest BCUT2D eigenvalue weighted by Crippen LogP contribution is 2.63. The van der Waals surface area contributed by atoms with E-state index < -0.39 is 5.41 Å². The van der Waals surface area contributed by atoms with E-state index in [0.717, 1.165) is 189 Å². The average molecular weight is 1880 g/mol. The molecule has 0 unspecified atom stereocenters. The van der Waals surface area contributed by atoms with Crippen molar-refractivity contribution in [3.05, 3.63) is 455 Å². The molecule has 0 radical (unpaired) electrons. The molecule has 0 fully saturated rings. The maximum atomic E-state index is 6.97. The Morgan fingerprint density at radius 2 is 0.347 bits per heavy atom. The minimum atomic E-state index is -1.22. The first-order valence-corrected chi connectivity index (χ1v) is 51.8. The Morgan fingerprint density at radius 3 is 0.590 bits per heavy atom. The number of fused-ring (bicyclic) bond motifs is 4. The molecule has 144 heavy (non-hydrogen) atoms. The molecule has 0 saturated heterocycles. The summed E-state index contributed by atoms with van der Waals surface area (Å²) in [5.41, 5.74) is 46.5. The van der Waals surface area contributed by atoms with Crippen LogP contribution in [0.3, 0.4) is 0 Å². The monoisotopic (exact) mass is 1880 g/mol. The summed E-state index contributed by atoms with van der Waals surface area (Å²) in [7, 11) is 0. The topological polar surface area (TPSA) is 18.5 Å². The summed E-state index contributed by atoms with van der Waals surface area (Å²) in [6.07, 6.45) is 0. The molecule has 1 aliphatic heterocycles. The van der Waals surface area contributed by atoms with E-state index in [1.165, 1.54) is 44.5 Å². The second-order valence-corrected chi connectivity index (χ2v) is 49.1. The fraction of sp³-hybridized carbons (Fsp3) is 0.239. The lowest BCUT2D eigenvalue weighted by atomic mass is 9.65. The molecule has 0 aromatic heterocycles. The van der Waals surface area contributed by atoms with Gasteiger partial charge >= 0.3 is 0 Å². The van der Waals surface area contributed by atoms with Gasteiger partial charge in [-0.3, -0.25) is 0 Å². The summed E-state index contributed by atoms with van der Waals surface area (Å²) in [6.45, 7) is 55.5. The predicted molar refractivity (Wildman–Crippen MR) is 616 cm³/mol. The van der Waals surface area contributed by atoms with E-state index in [1.807, 2.05) is 0 Å².